The van der Waals surface area contributed by atoms with Gasteiger partial charge in [-0.25, -0.2) is 4.98 Å². The van der Waals surface area contributed by atoms with Gasteiger partial charge >= 0.3 is 0 Å². The molecule has 0 bridgehead atoms. The van der Waals surface area contributed by atoms with E-state index in [-0.39, 0.29) is 17.1 Å². The highest BCUT2D eigenvalue weighted by Crippen LogP contribution is 2.40. The molecule has 4 aromatic rings. The topological polar surface area (TPSA) is 63.4 Å². The first kappa shape index (κ1) is 17.4. The van der Waals surface area contributed by atoms with Crippen LogP contribution in [0.25, 0.3) is 11.0 Å². The average molecular weight is 382 g/mol. The summed E-state index contributed by atoms with van der Waals surface area (Å²) in [7, 11) is 0. The third-order valence-electron chi connectivity index (χ3n) is 5.26. The number of carbonyl (C=O) groups is 1. The molecule has 2 aromatic carbocycles. The predicted octanol–water partition coefficient (Wildman–Crippen LogP) is 4.55. The molecule has 3 heterocycles. The number of rotatable bonds is 2. The fourth-order valence-corrected chi connectivity index (χ4v) is 3.94. The zero-order valence-electron chi connectivity index (χ0n) is 16.0. The molecule has 0 N–H and O–H groups in total. The summed E-state index contributed by atoms with van der Waals surface area (Å²) in [5, 5.41) is 0.483. The van der Waals surface area contributed by atoms with Gasteiger partial charge < -0.3 is 4.42 Å². The number of amides is 1. The van der Waals surface area contributed by atoms with Gasteiger partial charge in [0.05, 0.1) is 17.0 Å². The van der Waals surface area contributed by atoms with Crippen LogP contribution in [0.5, 0.6) is 0 Å². The van der Waals surface area contributed by atoms with Crippen molar-refractivity contribution in [2.75, 3.05) is 4.90 Å². The molecule has 0 aliphatic carbocycles. The van der Waals surface area contributed by atoms with Crippen LogP contribution in [0.1, 0.15) is 39.0 Å². The normalized spacial score (nSPS) is 15.7. The van der Waals surface area contributed by atoms with Gasteiger partial charge in [0, 0.05) is 5.69 Å². The number of nitrogens with zero attached hydrogens (tertiary/aromatic N) is 2. The molecule has 0 spiro atoms. The number of hydrogen-bond donors (Lipinski definition) is 0. The summed E-state index contributed by atoms with van der Waals surface area (Å²) in [6.07, 6.45) is 0. The van der Waals surface area contributed by atoms with E-state index in [2.05, 4.69) is 4.98 Å². The van der Waals surface area contributed by atoms with Crippen LogP contribution in [-0.2, 0) is 0 Å². The Labute approximate surface area is 167 Å². The van der Waals surface area contributed by atoms with Crippen molar-refractivity contribution in [1.29, 1.82) is 0 Å². The molecule has 0 radical (unpaired) electrons. The van der Waals surface area contributed by atoms with Gasteiger partial charge in [0.2, 0.25) is 5.76 Å². The molecule has 1 aliphatic rings. The van der Waals surface area contributed by atoms with Crippen LogP contribution in [-0.4, -0.2) is 10.9 Å². The van der Waals surface area contributed by atoms with E-state index in [0.717, 1.165) is 16.8 Å². The molecule has 0 saturated heterocycles. The Balaban J connectivity index is 1.84. The summed E-state index contributed by atoms with van der Waals surface area (Å²) >= 11 is 0. The zero-order valence-corrected chi connectivity index (χ0v) is 16.0. The molecule has 5 rings (SSSR count). The summed E-state index contributed by atoms with van der Waals surface area (Å²) in [5.41, 5.74) is 3.19. The quantitative estimate of drug-likeness (QED) is 0.510. The third-order valence-corrected chi connectivity index (χ3v) is 5.26. The number of fused-ring (bicyclic) bond motifs is 2. The minimum absolute atomic E-state index is 0.0866. The zero-order chi connectivity index (χ0) is 20.1. The maximum Gasteiger partial charge on any atom is 0.296 e. The number of aryl methyl sites for hydroxylation is 2. The average Bonchev–Trinajstić information content (AvgIpc) is 3.02. The lowest BCUT2D eigenvalue weighted by molar-refractivity contribution is 0.0970. The van der Waals surface area contributed by atoms with Gasteiger partial charge in [-0.15, -0.1) is 0 Å². The fourth-order valence-electron chi connectivity index (χ4n) is 3.94. The van der Waals surface area contributed by atoms with Crippen LogP contribution in [0.15, 0.2) is 75.9 Å². The smallest absolute Gasteiger partial charge is 0.296 e. The Bertz CT molecular complexity index is 1330. The van der Waals surface area contributed by atoms with Gasteiger partial charge in [-0.2, -0.15) is 0 Å². The van der Waals surface area contributed by atoms with Crippen molar-refractivity contribution in [3.05, 3.63) is 105 Å². The lowest BCUT2D eigenvalue weighted by Crippen LogP contribution is -2.30. The molecular formula is C24H18N2O3. The summed E-state index contributed by atoms with van der Waals surface area (Å²) in [4.78, 5) is 33.0. The van der Waals surface area contributed by atoms with E-state index in [1.165, 1.54) is 0 Å². The predicted molar refractivity (Wildman–Crippen MR) is 111 cm³/mol. The highest BCUT2D eigenvalue weighted by atomic mass is 16.3. The lowest BCUT2D eigenvalue weighted by Gasteiger charge is -2.24. The van der Waals surface area contributed by atoms with Crippen molar-refractivity contribution >= 4 is 22.7 Å². The molecule has 5 heteroatoms. The largest absolute Gasteiger partial charge is 0.450 e. The van der Waals surface area contributed by atoms with E-state index in [0.29, 0.717) is 22.4 Å². The molecule has 1 atom stereocenters. The van der Waals surface area contributed by atoms with E-state index < -0.39 is 6.04 Å². The van der Waals surface area contributed by atoms with E-state index in [4.69, 9.17) is 4.42 Å². The molecule has 1 amide bonds. The van der Waals surface area contributed by atoms with Crippen molar-refractivity contribution in [2.24, 2.45) is 0 Å². The standard InChI is InChI=1S/C24H18N2O3/c1-14-11-12-18-17(13-14)22(27)20-21(16-8-4-3-5-9-16)26(24(28)23(20)29-18)19-10-6-7-15(2)25-19/h3-13,21H,1-2H3/t21-/m1/s1. The monoisotopic (exact) mass is 382 g/mol. The van der Waals surface area contributed by atoms with E-state index in [1.807, 2.05) is 68.4 Å². The SMILES string of the molecule is Cc1ccc2oc3c(c(=O)c2c1)[C@@H](c1ccccc1)N(c1cccc(C)n1)C3=O. The summed E-state index contributed by atoms with van der Waals surface area (Å²) < 4.78 is 5.97. The maximum absolute atomic E-state index is 13.5. The maximum atomic E-state index is 13.5. The first-order chi connectivity index (χ1) is 14.0. The molecule has 0 fully saturated rings. The molecule has 0 saturated carbocycles. The molecule has 0 unspecified atom stereocenters. The lowest BCUT2D eigenvalue weighted by atomic mass is 9.98. The van der Waals surface area contributed by atoms with Crippen LogP contribution in [0.2, 0.25) is 0 Å². The van der Waals surface area contributed by atoms with Gasteiger partial charge in [0.1, 0.15) is 11.4 Å². The number of anilines is 1. The van der Waals surface area contributed by atoms with Crippen molar-refractivity contribution < 1.29 is 9.21 Å². The summed E-state index contributed by atoms with van der Waals surface area (Å²) in [6.45, 7) is 3.80. The van der Waals surface area contributed by atoms with Crippen molar-refractivity contribution in [1.82, 2.24) is 4.98 Å². The van der Waals surface area contributed by atoms with Gasteiger partial charge in [-0.3, -0.25) is 14.5 Å². The Kier molecular flexibility index (Phi) is 3.84. The van der Waals surface area contributed by atoms with Crippen LogP contribution in [0.3, 0.4) is 0 Å². The van der Waals surface area contributed by atoms with Crippen LogP contribution in [0.4, 0.5) is 5.82 Å². The number of pyridine rings is 1. The highest BCUT2D eigenvalue weighted by molar-refractivity contribution is 6.10. The molecule has 142 valence electrons. The van der Waals surface area contributed by atoms with Gasteiger partial charge in [0.25, 0.3) is 5.91 Å². The first-order valence-electron chi connectivity index (χ1n) is 9.44. The molecule has 1 aliphatic heterocycles. The van der Waals surface area contributed by atoms with Gasteiger partial charge in [-0.1, -0.05) is 48.0 Å². The third kappa shape index (κ3) is 2.66. The minimum Gasteiger partial charge on any atom is -0.450 e. The van der Waals surface area contributed by atoms with Crippen LogP contribution in [0, 0.1) is 13.8 Å². The number of carbonyl (C=O) groups excluding carboxylic acids is 1. The second-order valence-corrected chi connectivity index (χ2v) is 7.30. The summed E-state index contributed by atoms with van der Waals surface area (Å²) in [5.74, 6) is 0.227. The van der Waals surface area contributed by atoms with Crippen LogP contribution >= 0.6 is 0 Å². The van der Waals surface area contributed by atoms with E-state index >= 15 is 0 Å². The molecule has 29 heavy (non-hydrogen) atoms. The second kappa shape index (κ2) is 6.41. The van der Waals surface area contributed by atoms with Crippen molar-refractivity contribution in [2.45, 2.75) is 19.9 Å². The van der Waals surface area contributed by atoms with E-state index in [9.17, 15) is 9.59 Å². The van der Waals surface area contributed by atoms with Gasteiger partial charge in [0.15, 0.2) is 5.43 Å². The number of hydrogen-bond acceptors (Lipinski definition) is 4. The highest BCUT2D eigenvalue weighted by Gasteiger charge is 2.44. The molecule has 5 nitrogen and oxygen atoms in total. The number of aromatic nitrogens is 1. The number of benzene rings is 2. The summed E-state index contributed by atoms with van der Waals surface area (Å²) in [6, 6.07) is 19.8. The Hall–Kier alpha value is -3.73. The Morgan fingerprint density at radius 2 is 1.72 bits per heavy atom. The first-order valence-corrected chi connectivity index (χ1v) is 9.44. The molecular weight excluding hydrogens is 364 g/mol. The Morgan fingerprint density at radius 1 is 0.931 bits per heavy atom. The Morgan fingerprint density at radius 3 is 2.48 bits per heavy atom. The van der Waals surface area contributed by atoms with E-state index in [1.54, 1.807) is 17.0 Å². The fraction of sp³-hybridized carbons (Fsp3) is 0.125. The van der Waals surface area contributed by atoms with Crippen molar-refractivity contribution in [3.63, 3.8) is 0 Å². The van der Waals surface area contributed by atoms with Crippen molar-refractivity contribution in [3.8, 4) is 0 Å². The second-order valence-electron chi connectivity index (χ2n) is 7.30. The minimum atomic E-state index is -0.589. The molecule has 2 aromatic heterocycles. The van der Waals surface area contributed by atoms with Crippen LogP contribution < -0.4 is 10.3 Å². The van der Waals surface area contributed by atoms with Gasteiger partial charge in [-0.05, 0) is 43.7 Å².